The van der Waals surface area contributed by atoms with Crippen LogP contribution in [-0.2, 0) is 42.7 Å². The summed E-state index contributed by atoms with van der Waals surface area (Å²) in [7, 11) is 4.83. The number of esters is 1. The maximum atomic E-state index is 14.0. The Morgan fingerprint density at radius 3 is 2.12 bits per heavy atom. The maximum absolute atomic E-state index is 14.0. The van der Waals surface area contributed by atoms with Crippen LogP contribution in [0.4, 0.5) is 0 Å². The van der Waals surface area contributed by atoms with Gasteiger partial charge in [-0.05, 0) is 65.0 Å². The third-order valence-electron chi connectivity index (χ3n) is 12.7. The third kappa shape index (κ3) is 7.60. The van der Waals surface area contributed by atoms with Crippen LogP contribution in [0.2, 0.25) is 0 Å². The van der Waals surface area contributed by atoms with Crippen LogP contribution in [-0.4, -0.2) is 148 Å². The van der Waals surface area contributed by atoms with Gasteiger partial charge in [-0.3, -0.25) is 19.2 Å². The minimum absolute atomic E-state index is 0.0124. The molecular weight excluding hydrogens is 788 g/mol. The first kappa shape index (κ1) is 44.0. The molecule has 0 saturated carbocycles. The van der Waals surface area contributed by atoms with Crippen molar-refractivity contribution in [1.82, 2.24) is 4.90 Å². The summed E-state index contributed by atoms with van der Waals surface area (Å²) < 4.78 is 42.5. The Hall–Kier alpha value is -4.08. The van der Waals surface area contributed by atoms with Crippen LogP contribution in [0, 0.1) is 0 Å². The molecule has 328 valence electrons. The van der Waals surface area contributed by atoms with E-state index in [0.29, 0.717) is 0 Å². The maximum Gasteiger partial charge on any atom is 0.316 e. The summed E-state index contributed by atoms with van der Waals surface area (Å²) in [5, 5.41) is 56.5. The van der Waals surface area contributed by atoms with Crippen molar-refractivity contribution in [2.75, 3.05) is 21.2 Å². The van der Waals surface area contributed by atoms with Crippen molar-refractivity contribution in [3.05, 3.63) is 51.6 Å². The first-order valence-corrected chi connectivity index (χ1v) is 20.2. The second-order valence-electron chi connectivity index (χ2n) is 16.7. The molecule has 5 aliphatic rings. The molecule has 0 radical (unpaired) electrons. The highest BCUT2D eigenvalue weighted by Crippen LogP contribution is 2.54. The van der Waals surface area contributed by atoms with Gasteiger partial charge in [0.25, 0.3) is 0 Å². The fourth-order valence-electron chi connectivity index (χ4n) is 9.38. The number of phenolic OH excluding ortho intramolecular Hbond substituents is 3. The van der Waals surface area contributed by atoms with Crippen molar-refractivity contribution in [2.24, 2.45) is 5.73 Å². The lowest BCUT2D eigenvalue weighted by Crippen LogP contribution is -2.59. The van der Waals surface area contributed by atoms with Gasteiger partial charge >= 0.3 is 5.97 Å². The lowest BCUT2D eigenvalue weighted by atomic mass is 9.67. The summed E-state index contributed by atoms with van der Waals surface area (Å²) in [6.45, 7) is 6.78. The average molecular weight is 843 g/mol. The van der Waals surface area contributed by atoms with Gasteiger partial charge in [-0.1, -0.05) is 6.92 Å². The molecule has 3 heterocycles. The number of carbonyl (C=O) groups is 4. The molecule has 60 heavy (non-hydrogen) atoms. The summed E-state index contributed by atoms with van der Waals surface area (Å²) in [4.78, 5) is 55.3. The van der Waals surface area contributed by atoms with Gasteiger partial charge in [-0.15, -0.1) is 0 Å². The van der Waals surface area contributed by atoms with Crippen LogP contribution < -0.4 is 5.73 Å². The van der Waals surface area contributed by atoms with E-state index in [0.717, 1.165) is 19.2 Å². The van der Waals surface area contributed by atoms with Crippen LogP contribution >= 0.6 is 0 Å². The standard InChI is InChI=1S/C42H54N2O16/c1-8-42(53)15-27(30-19(34(42)40(52)54-7)11-20-31(36(30)50)37(51)33-24(46)10-9-23(45)32(33)35(20)49)58-28-13-22(44(5)6)38(17(3)55-28)59-29-14-26(48)39(18(4)56-29)60-41-21(43)12-25(47)16(2)57-41/h9-11,16-18,21-22,26-29,34,38-39,41,45-46,48,50,53H,8,12-15,43H2,1-7H3/t16-,17-,18-,21+,22-,26-,27+,28-,29-,34?,38+,39+,41-,42-/m0/s1. The van der Waals surface area contributed by atoms with Crippen molar-refractivity contribution in [2.45, 2.75) is 145 Å². The highest BCUT2D eigenvalue weighted by Gasteiger charge is 2.54. The molecule has 3 saturated heterocycles. The number of methoxy groups -OCH3 is 1. The minimum Gasteiger partial charge on any atom is -0.507 e. The second-order valence-corrected chi connectivity index (χ2v) is 16.7. The van der Waals surface area contributed by atoms with E-state index >= 15 is 0 Å². The van der Waals surface area contributed by atoms with Gasteiger partial charge in [0.1, 0.15) is 41.5 Å². The molecule has 1 unspecified atom stereocenters. The van der Waals surface area contributed by atoms with Crippen molar-refractivity contribution in [3.8, 4) is 17.2 Å². The number of nitrogens with zero attached hydrogens (tertiary/aromatic N) is 1. The summed E-state index contributed by atoms with van der Waals surface area (Å²) in [6.07, 6.45) is -8.38. The number of aromatic hydroxyl groups is 3. The number of ether oxygens (including phenoxy) is 7. The van der Waals surface area contributed by atoms with Crippen molar-refractivity contribution < 1.29 is 77.9 Å². The largest absolute Gasteiger partial charge is 0.507 e. The molecule has 3 fully saturated rings. The second kappa shape index (κ2) is 16.7. The number of benzene rings is 2. The van der Waals surface area contributed by atoms with Gasteiger partial charge in [0, 0.05) is 42.9 Å². The van der Waals surface area contributed by atoms with Gasteiger partial charge in [0.05, 0.1) is 59.9 Å². The number of aliphatic hydroxyl groups is 2. The number of ketones is 3. The number of aliphatic hydroxyl groups excluding tert-OH is 1. The summed E-state index contributed by atoms with van der Waals surface area (Å²) in [6, 6.07) is 2.28. The number of hydrogen-bond donors (Lipinski definition) is 6. The highest BCUT2D eigenvalue weighted by atomic mass is 16.7. The van der Waals surface area contributed by atoms with Gasteiger partial charge < -0.3 is 69.3 Å². The Bertz CT molecular complexity index is 2030. The van der Waals surface area contributed by atoms with Gasteiger partial charge in [0.15, 0.2) is 30.4 Å². The minimum atomic E-state index is -1.82. The van der Waals surface area contributed by atoms with E-state index in [4.69, 9.17) is 38.9 Å². The van der Waals surface area contributed by atoms with E-state index in [1.807, 2.05) is 19.0 Å². The third-order valence-corrected chi connectivity index (χ3v) is 12.7. The number of carbonyl (C=O) groups excluding carboxylic acids is 4. The quantitative estimate of drug-likeness (QED) is 0.133. The average Bonchev–Trinajstić information content (AvgIpc) is 3.18. The summed E-state index contributed by atoms with van der Waals surface area (Å²) in [5.41, 5.74) is 2.50. The number of rotatable bonds is 9. The van der Waals surface area contributed by atoms with Gasteiger partial charge in [-0.2, -0.15) is 0 Å². The van der Waals surface area contributed by atoms with Crippen LogP contribution in [0.1, 0.15) is 115 Å². The number of hydrogen-bond acceptors (Lipinski definition) is 18. The molecule has 0 spiro atoms. The lowest BCUT2D eigenvalue weighted by molar-refractivity contribution is -0.325. The van der Waals surface area contributed by atoms with Gasteiger partial charge in [-0.25, -0.2) is 0 Å². The van der Waals surface area contributed by atoms with E-state index in [9.17, 15) is 44.7 Å². The van der Waals surface area contributed by atoms with E-state index in [2.05, 4.69) is 0 Å². The highest BCUT2D eigenvalue weighted by molar-refractivity contribution is 6.31. The molecule has 18 heteroatoms. The number of fused-ring (bicyclic) bond motifs is 3. The van der Waals surface area contributed by atoms with E-state index in [1.165, 1.54) is 6.07 Å². The first-order valence-electron chi connectivity index (χ1n) is 20.2. The Kier molecular flexibility index (Phi) is 12.2. The molecule has 2 aromatic rings. The van der Waals surface area contributed by atoms with Crippen molar-refractivity contribution >= 4 is 23.3 Å². The predicted molar refractivity (Wildman–Crippen MR) is 206 cm³/mol. The Labute approximate surface area is 346 Å². The predicted octanol–water partition coefficient (Wildman–Crippen LogP) is 1.80. The molecule has 2 aliphatic carbocycles. The lowest BCUT2D eigenvalue weighted by Gasteiger charge is -2.48. The molecule has 0 aromatic heterocycles. The Morgan fingerprint density at radius 1 is 0.900 bits per heavy atom. The fraction of sp³-hybridized carbons (Fsp3) is 0.619. The normalized spacial score (nSPS) is 36.7. The number of phenols is 3. The Morgan fingerprint density at radius 2 is 1.52 bits per heavy atom. The zero-order chi connectivity index (χ0) is 43.7. The summed E-state index contributed by atoms with van der Waals surface area (Å²) >= 11 is 0. The SMILES string of the molecule is CC[C@]1(O)C[C@@H](O[C@H]2C[C@H](N(C)C)[C@H](O[C@H]3C[C@H](O)[C@H](O[C@@H]4O[C@@H](C)C(=O)C[C@H]4N)[C@H](C)O3)[C@H](C)O2)c2c(cc3c(c2O)C(=O)c2c(O)ccc(O)c2C3=O)C1C(=O)OC. The number of Topliss-reactive ketones (excluding diaryl/α,β-unsaturated/α-hetero) is 1. The van der Waals surface area contributed by atoms with Crippen LogP contribution in [0.15, 0.2) is 18.2 Å². The molecule has 0 bridgehead atoms. The molecule has 7 rings (SSSR count). The van der Waals surface area contributed by atoms with Crippen LogP contribution in [0.25, 0.3) is 0 Å². The Balaban J connectivity index is 1.14. The fourth-order valence-corrected chi connectivity index (χ4v) is 9.38. The molecule has 7 N–H and O–H groups in total. The molecule has 3 aliphatic heterocycles. The molecule has 14 atom stereocenters. The smallest absolute Gasteiger partial charge is 0.316 e. The summed E-state index contributed by atoms with van der Waals surface area (Å²) in [5.74, 6) is -6.06. The van der Waals surface area contributed by atoms with Crippen LogP contribution in [0.5, 0.6) is 17.2 Å². The van der Waals surface area contributed by atoms with E-state index in [-0.39, 0.29) is 60.6 Å². The zero-order valence-electron chi connectivity index (χ0n) is 34.5. The number of nitrogens with two attached hydrogens (primary N) is 1. The topological polar surface area (TPSA) is 263 Å². The van der Waals surface area contributed by atoms with E-state index < -0.39 is 131 Å². The molecular formula is C42H54N2O16. The molecule has 18 nitrogen and oxygen atoms in total. The van der Waals surface area contributed by atoms with Crippen molar-refractivity contribution in [1.29, 1.82) is 0 Å². The van der Waals surface area contributed by atoms with Crippen LogP contribution in [0.3, 0.4) is 0 Å². The van der Waals surface area contributed by atoms with Crippen molar-refractivity contribution in [3.63, 3.8) is 0 Å². The van der Waals surface area contributed by atoms with Gasteiger partial charge in [0.2, 0.25) is 5.78 Å². The molecule has 0 amide bonds. The zero-order valence-corrected chi connectivity index (χ0v) is 34.5. The molecule has 2 aromatic carbocycles. The van der Waals surface area contributed by atoms with E-state index in [1.54, 1.807) is 27.7 Å². The monoisotopic (exact) mass is 842 g/mol. The first-order chi connectivity index (χ1) is 28.3. The number of likely N-dealkylation sites (N-methyl/N-ethyl adjacent to an activating group) is 1.